The van der Waals surface area contributed by atoms with Gasteiger partial charge >= 0.3 is 5.97 Å². The first-order valence-corrected chi connectivity index (χ1v) is 9.88. The Morgan fingerprint density at radius 2 is 1.97 bits per heavy atom. The van der Waals surface area contributed by atoms with Crippen molar-refractivity contribution in [1.82, 2.24) is 4.98 Å². The molecule has 6 nitrogen and oxygen atoms in total. The van der Waals surface area contributed by atoms with Crippen molar-refractivity contribution in [3.63, 3.8) is 0 Å². The number of hydrogen-bond acceptors (Lipinski definition) is 6. The predicted molar refractivity (Wildman–Crippen MR) is 117 cm³/mol. The van der Waals surface area contributed by atoms with Crippen LogP contribution in [-0.4, -0.2) is 31.7 Å². The number of esters is 1. The standard InChI is InChI=1S/C24H25N3O3/c1-16-4-6-18(7-5-16)27(2)19-8-9-20-17(12-19)15-30-23(20)14-26-22-13-25-11-10-21(22)24(28)29-3/h4-13,23,26H,14-15H2,1-3H3/t23-/m0/s1. The van der Waals surface area contributed by atoms with Crippen LogP contribution >= 0.6 is 0 Å². The maximum atomic E-state index is 11.9. The average Bonchev–Trinajstić information content (AvgIpc) is 3.19. The minimum Gasteiger partial charge on any atom is -0.465 e. The number of aromatic nitrogens is 1. The number of benzene rings is 2. The van der Waals surface area contributed by atoms with Crippen LogP contribution in [0.15, 0.2) is 60.9 Å². The predicted octanol–water partition coefficient (Wildman–Crippen LogP) is 4.63. The first-order valence-electron chi connectivity index (χ1n) is 9.88. The van der Waals surface area contributed by atoms with Crippen LogP contribution in [0.4, 0.5) is 17.1 Å². The number of carbonyl (C=O) groups is 1. The van der Waals surface area contributed by atoms with Crippen LogP contribution in [0.3, 0.4) is 0 Å². The van der Waals surface area contributed by atoms with E-state index in [0.717, 1.165) is 16.9 Å². The molecule has 0 saturated heterocycles. The van der Waals surface area contributed by atoms with Crippen molar-refractivity contribution in [2.45, 2.75) is 19.6 Å². The van der Waals surface area contributed by atoms with Crippen molar-refractivity contribution in [3.8, 4) is 0 Å². The molecular formula is C24H25N3O3. The third kappa shape index (κ3) is 4.00. The number of fused-ring (bicyclic) bond motifs is 1. The number of methoxy groups -OCH3 is 1. The molecule has 0 radical (unpaired) electrons. The summed E-state index contributed by atoms with van der Waals surface area (Å²) in [7, 11) is 3.44. The molecule has 0 spiro atoms. The molecule has 0 unspecified atom stereocenters. The normalized spacial score (nSPS) is 14.8. The lowest BCUT2D eigenvalue weighted by Gasteiger charge is -2.21. The van der Waals surface area contributed by atoms with Gasteiger partial charge < -0.3 is 19.7 Å². The highest BCUT2D eigenvalue weighted by molar-refractivity contribution is 5.95. The van der Waals surface area contributed by atoms with E-state index >= 15 is 0 Å². The lowest BCUT2D eigenvalue weighted by Crippen LogP contribution is -2.15. The van der Waals surface area contributed by atoms with E-state index in [0.29, 0.717) is 24.4 Å². The molecule has 0 aliphatic carbocycles. The summed E-state index contributed by atoms with van der Waals surface area (Å²) < 4.78 is 10.9. The molecule has 0 saturated carbocycles. The number of rotatable bonds is 6. The Morgan fingerprint density at radius 3 is 2.73 bits per heavy atom. The third-order valence-electron chi connectivity index (χ3n) is 5.43. The Morgan fingerprint density at radius 1 is 1.20 bits per heavy atom. The smallest absolute Gasteiger partial charge is 0.340 e. The van der Waals surface area contributed by atoms with Gasteiger partial charge in [-0.2, -0.15) is 0 Å². The van der Waals surface area contributed by atoms with Gasteiger partial charge in [0, 0.05) is 31.2 Å². The first-order chi connectivity index (χ1) is 14.6. The maximum Gasteiger partial charge on any atom is 0.340 e. The highest BCUT2D eigenvalue weighted by atomic mass is 16.5. The lowest BCUT2D eigenvalue weighted by molar-refractivity contribution is 0.0600. The van der Waals surface area contributed by atoms with E-state index in [-0.39, 0.29) is 6.10 Å². The Kier molecular flexibility index (Phi) is 5.68. The number of pyridine rings is 1. The van der Waals surface area contributed by atoms with E-state index < -0.39 is 5.97 Å². The monoisotopic (exact) mass is 403 g/mol. The zero-order valence-electron chi connectivity index (χ0n) is 17.4. The fraction of sp³-hybridized carbons (Fsp3) is 0.250. The SMILES string of the molecule is COC(=O)c1ccncc1NC[C@@H]1OCc2cc(N(C)c3ccc(C)cc3)ccc21. The number of hydrogen-bond donors (Lipinski definition) is 1. The molecule has 0 bridgehead atoms. The largest absolute Gasteiger partial charge is 0.465 e. The summed E-state index contributed by atoms with van der Waals surface area (Å²) in [4.78, 5) is 18.2. The van der Waals surface area contributed by atoms with Gasteiger partial charge in [0.2, 0.25) is 0 Å². The fourth-order valence-corrected chi connectivity index (χ4v) is 3.63. The second kappa shape index (κ2) is 8.55. The Bertz CT molecular complexity index is 1050. The summed E-state index contributed by atoms with van der Waals surface area (Å²) in [5, 5.41) is 3.28. The number of nitrogens with one attached hydrogen (secondary N) is 1. The number of carbonyl (C=O) groups excluding carboxylic acids is 1. The molecular weight excluding hydrogens is 378 g/mol. The van der Waals surface area contributed by atoms with Crippen LogP contribution in [-0.2, 0) is 16.1 Å². The molecule has 2 aromatic carbocycles. The summed E-state index contributed by atoms with van der Waals surface area (Å²) in [6.45, 7) is 3.19. The highest BCUT2D eigenvalue weighted by Gasteiger charge is 2.24. The molecule has 4 rings (SSSR count). The molecule has 0 amide bonds. The molecule has 6 heteroatoms. The van der Waals surface area contributed by atoms with Gasteiger partial charge in [0.15, 0.2) is 0 Å². The van der Waals surface area contributed by atoms with Crippen molar-refractivity contribution < 1.29 is 14.3 Å². The van der Waals surface area contributed by atoms with Crippen LogP contribution in [0.1, 0.15) is 33.2 Å². The zero-order chi connectivity index (χ0) is 21.1. The van der Waals surface area contributed by atoms with Gasteiger partial charge in [0.1, 0.15) is 6.10 Å². The van der Waals surface area contributed by atoms with Crippen molar-refractivity contribution in [2.24, 2.45) is 0 Å². The molecule has 2 heterocycles. The second-order valence-corrected chi connectivity index (χ2v) is 7.37. The number of ether oxygens (including phenoxy) is 2. The molecule has 3 aromatic rings. The van der Waals surface area contributed by atoms with Gasteiger partial charge in [0.25, 0.3) is 0 Å². The zero-order valence-corrected chi connectivity index (χ0v) is 17.4. The van der Waals surface area contributed by atoms with E-state index in [2.05, 4.69) is 71.6 Å². The van der Waals surface area contributed by atoms with E-state index in [1.165, 1.54) is 18.2 Å². The van der Waals surface area contributed by atoms with Gasteiger partial charge in [-0.05, 0) is 48.4 Å². The molecule has 1 atom stereocenters. The summed E-state index contributed by atoms with van der Waals surface area (Å²) in [6, 6.07) is 16.5. The lowest BCUT2D eigenvalue weighted by atomic mass is 10.0. The average molecular weight is 403 g/mol. The van der Waals surface area contributed by atoms with Crippen LogP contribution in [0, 0.1) is 6.92 Å². The van der Waals surface area contributed by atoms with Gasteiger partial charge in [-0.1, -0.05) is 23.8 Å². The summed E-state index contributed by atoms with van der Waals surface area (Å²) in [6.07, 6.45) is 3.11. The molecule has 1 aliphatic rings. The van der Waals surface area contributed by atoms with Crippen molar-refractivity contribution in [2.75, 3.05) is 30.9 Å². The molecule has 154 valence electrons. The topological polar surface area (TPSA) is 63.7 Å². The summed E-state index contributed by atoms with van der Waals surface area (Å²) >= 11 is 0. The number of anilines is 3. The van der Waals surface area contributed by atoms with Crippen LogP contribution in [0.2, 0.25) is 0 Å². The molecule has 0 fully saturated rings. The van der Waals surface area contributed by atoms with E-state index in [9.17, 15) is 4.79 Å². The van der Waals surface area contributed by atoms with E-state index in [1.807, 2.05) is 0 Å². The molecule has 1 aliphatic heterocycles. The minimum absolute atomic E-state index is 0.0931. The van der Waals surface area contributed by atoms with Crippen LogP contribution in [0.25, 0.3) is 0 Å². The van der Waals surface area contributed by atoms with E-state index in [4.69, 9.17) is 9.47 Å². The number of aryl methyl sites for hydroxylation is 1. The van der Waals surface area contributed by atoms with Gasteiger partial charge in [0.05, 0.1) is 31.2 Å². The molecule has 1 aromatic heterocycles. The van der Waals surface area contributed by atoms with Crippen molar-refractivity contribution >= 4 is 23.0 Å². The van der Waals surface area contributed by atoms with Crippen molar-refractivity contribution in [3.05, 3.63) is 83.2 Å². The van der Waals surface area contributed by atoms with E-state index in [1.54, 1.807) is 18.5 Å². The molecule has 1 N–H and O–H groups in total. The first kappa shape index (κ1) is 19.9. The Labute approximate surface area is 176 Å². The third-order valence-corrected chi connectivity index (χ3v) is 5.43. The second-order valence-electron chi connectivity index (χ2n) is 7.37. The number of nitrogens with zero attached hydrogens (tertiary/aromatic N) is 2. The minimum atomic E-state index is -0.392. The van der Waals surface area contributed by atoms with Gasteiger partial charge in [-0.3, -0.25) is 4.98 Å². The Hall–Kier alpha value is -3.38. The van der Waals surface area contributed by atoms with Gasteiger partial charge in [-0.15, -0.1) is 0 Å². The molecule has 30 heavy (non-hydrogen) atoms. The maximum absolute atomic E-state index is 11.9. The Balaban J connectivity index is 1.48. The van der Waals surface area contributed by atoms with Crippen molar-refractivity contribution in [1.29, 1.82) is 0 Å². The summed E-state index contributed by atoms with van der Waals surface area (Å²) in [5.74, 6) is -0.392. The van der Waals surface area contributed by atoms with Crippen LogP contribution < -0.4 is 10.2 Å². The highest BCUT2D eigenvalue weighted by Crippen LogP contribution is 2.35. The summed E-state index contributed by atoms with van der Waals surface area (Å²) in [5.41, 5.74) is 6.94. The van der Waals surface area contributed by atoms with Gasteiger partial charge in [-0.25, -0.2) is 4.79 Å². The fourth-order valence-electron chi connectivity index (χ4n) is 3.63. The quantitative estimate of drug-likeness (QED) is 0.606. The van der Waals surface area contributed by atoms with Crippen LogP contribution in [0.5, 0.6) is 0 Å².